The summed E-state index contributed by atoms with van der Waals surface area (Å²) >= 11 is 5.81. The van der Waals surface area contributed by atoms with Crippen LogP contribution >= 0.6 is 11.6 Å². The molecule has 0 saturated heterocycles. The number of nitrogens with zero attached hydrogens (tertiary/aromatic N) is 1. The lowest BCUT2D eigenvalue weighted by Crippen LogP contribution is -2.20. The van der Waals surface area contributed by atoms with E-state index in [2.05, 4.69) is 15.6 Å². The topological polar surface area (TPSA) is 63.2 Å². The molecule has 2 N–H and O–H groups in total. The Morgan fingerprint density at radius 3 is 2.27 bits per heavy atom. The molecule has 1 aromatic heterocycles. The highest BCUT2D eigenvalue weighted by atomic mass is 35.5. The molecule has 0 unspecified atom stereocenters. The second kappa shape index (κ2) is 8.87. The summed E-state index contributed by atoms with van der Waals surface area (Å²) in [6, 6.07) is 18.3. The molecule has 1 heterocycles. The van der Waals surface area contributed by atoms with Gasteiger partial charge in [-0.15, -0.1) is 0 Å². The van der Waals surface area contributed by atoms with Gasteiger partial charge in [0.05, 0.1) is 0 Å². The Labute approximate surface area is 157 Å². The van der Waals surface area contributed by atoms with Crippen molar-refractivity contribution in [1.29, 1.82) is 0 Å². The van der Waals surface area contributed by atoms with Gasteiger partial charge in [0.25, 0.3) is 5.91 Å². The van der Waals surface area contributed by atoms with Crippen LogP contribution in [0.5, 0.6) is 5.75 Å². The molecule has 3 rings (SSSR count). The maximum Gasteiger partial charge on any atom is 0.262 e. The molecule has 5 nitrogen and oxygen atoms in total. The summed E-state index contributed by atoms with van der Waals surface area (Å²) in [6.45, 7) is 0.646. The van der Waals surface area contributed by atoms with Crippen LogP contribution in [0.25, 0.3) is 0 Å². The van der Waals surface area contributed by atoms with Crippen molar-refractivity contribution in [3.63, 3.8) is 0 Å². The summed E-state index contributed by atoms with van der Waals surface area (Å²) in [5.74, 6) is 0.373. The van der Waals surface area contributed by atoms with Gasteiger partial charge in [0.15, 0.2) is 6.61 Å². The van der Waals surface area contributed by atoms with E-state index in [1.54, 1.807) is 36.7 Å². The van der Waals surface area contributed by atoms with E-state index >= 15 is 0 Å². The van der Waals surface area contributed by atoms with E-state index in [1.807, 2.05) is 36.4 Å². The van der Waals surface area contributed by atoms with Crippen LogP contribution in [0.3, 0.4) is 0 Å². The summed E-state index contributed by atoms with van der Waals surface area (Å²) in [4.78, 5) is 16.0. The standard InChI is InChI=1S/C20H18ClN3O2/c21-16-1-7-19(8-2-16)26-14-20(25)24-18-5-3-17(4-6-18)23-13-15-9-11-22-12-10-15/h1-12,23H,13-14H2,(H,24,25). The van der Waals surface area contributed by atoms with Gasteiger partial charge in [0.1, 0.15) is 5.75 Å². The minimum absolute atomic E-state index is 0.0658. The third kappa shape index (κ3) is 5.50. The molecule has 0 aliphatic rings. The smallest absolute Gasteiger partial charge is 0.262 e. The minimum Gasteiger partial charge on any atom is -0.484 e. The number of carbonyl (C=O) groups is 1. The predicted molar refractivity (Wildman–Crippen MR) is 104 cm³/mol. The molecule has 0 aliphatic heterocycles. The second-order valence-electron chi connectivity index (χ2n) is 5.58. The molecule has 0 bridgehead atoms. The van der Waals surface area contributed by atoms with Crippen molar-refractivity contribution in [2.24, 2.45) is 0 Å². The van der Waals surface area contributed by atoms with E-state index in [0.29, 0.717) is 23.0 Å². The van der Waals surface area contributed by atoms with E-state index < -0.39 is 0 Å². The quantitative estimate of drug-likeness (QED) is 0.651. The molecule has 0 saturated carbocycles. The number of rotatable bonds is 7. The Balaban J connectivity index is 1.45. The fourth-order valence-electron chi connectivity index (χ4n) is 2.25. The lowest BCUT2D eigenvalue weighted by atomic mass is 10.2. The van der Waals surface area contributed by atoms with Crippen molar-refractivity contribution in [2.45, 2.75) is 6.54 Å². The third-order valence-electron chi connectivity index (χ3n) is 3.60. The molecule has 132 valence electrons. The van der Waals surface area contributed by atoms with Crippen LogP contribution in [0.4, 0.5) is 11.4 Å². The Morgan fingerprint density at radius 2 is 1.58 bits per heavy atom. The van der Waals surface area contributed by atoms with Crippen LogP contribution in [0.2, 0.25) is 5.02 Å². The number of halogens is 1. The maximum absolute atomic E-state index is 12.0. The molecule has 0 fully saturated rings. The zero-order valence-electron chi connectivity index (χ0n) is 14.0. The van der Waals surface area contributed by atoms with Gasteiger partial charge < -0.3 is 15.4 Å². The zero-order chi connectivity index (χ0) is 18.2. The fraction of sp³-hybridized carbons (Fsp3) is 0.100. The number of pyridine rings is 1. The van der Waals surface area contributed by atoms with Gasteiger partial charge in [-0.05, 0) is 66.2 Å². The van der Waals surface area contributed by atoms with Gasteiger partial charge in [0.2, 0.25) is 0 Å². The number of benzene rings is 2. The van der Waals surface area contributed by atoms with E-state index in [0.717, 1.165) is 11.3 Å². The largest absolute Gasteiger partial charge is 0.484 e. The second-order valence-corrected chi connectivity index (χ2v) is 6.01. The highest BCUT2D eigenvalue weighted by Crippen LogP contribution is 2.16. The lowest BCUT2D eigenvalue weighted by molar-refractivity contribution is -0.118. The average Bonchev–Trinajstić information content (AvgIpc) is 2.68. The summed E-state index contributed by atoms with van der Waals surface area (Å²) in [6.07, 6.45) is 3.53. The van der Waals surface area contributed by atoms with Crippen LogP contribution in [-0.4, -0.2) is 17.5 Å². The van der Waals surface area contributed by atoms with Crippen molar-refractivity contribution >= 4 is 28.9 Å². The third-order valence-corrected chi connectivity index (χ3v) is 3.85. The number of hydrogen-bond donors (Lipinski definition) is 2. The summed E-state index contributed by atoms with van der Waals surface area (Å²) in [5.41, 5.74) is 2.83. The maximum atomic E-state index is 12.0. The summed E-state index contributed by atoms with van der Waals surface area (Å²) in [5, 5.41) is 6.74. The molecule has 6 heteroatoms. The first-order chi connectivity index (χ1) is 12.7. The number of aromatic nitrogens is 1. The zero-order valence-corrected chi connectivity index (χ0v) is 14.7. The molecule has 3 aromatic rings. The molecule has 0 aliphatic carbocycles. The average molecular weight is 368 g/mol. The molecular weight excluding hydrogens is 350 g/mol. The molecule has 0 spiro atoms. The molecule has 0 atom stereocenters. The Kier molecular flexibility index (Phi) is 6.06. The van der Waals surface area contributed by atoms with Crippen molar-refractivity contribution < 1.29 is 9.53 Å². The van der Waals surface area contributed by atoms with Gasteiger partial charge in [0, 0.05) is 35.3 Å². The van der Waals surface area contributed by atoms with Gasteiger partial charge in [-0.25, -0.2) is 0 Å². The normalized spacial score (nSPS) is 10.2. The van der Waals surface area contributed by atoms with E-state index in [4.69, 9.17) is 16.3 Å². The van der Waals surface area contributed by atoms with E-state index in [9.17, 15) is 4.79 Å². The van der Waals surface area contributed by atoms with Gasteiger partial charge in [-0.2, -0.15) is 0 Å². The molecule has 0 radical (unpaired) electrons. The summed E-state index contributed by atoms with van der Waals surface area (Å²) < 4.78 is 5.42. The predicted octanol–water partition coefficient (Wildman–Crippen LogP) is 4.36. The van der Waals surface area contributed by atoms with Crippen LogP contribution in [-0.2, 0) is 11.3 Å². The van der Waals surface area contributed by atoms with Gasteiger partial charge in [-0.3, -0.25) is 9.78 Å². The van der Waals surface area contributed by atoms with Crippen LogP contribution in [0, 0.1) is 0 Å². The highest BCUT2D eigenvalue weighted by Gasteiger charge is 2.04. The van der Waals surface area contributed by atoms with Crippen molar-refractivity contribution in [1.82, 2.24) is 4.98 Å². The van der Waals surface area contributed by atoms with Crippen LogP contribution in [0.1, 0.15) is 5.56 Å². The monoisotopic (exact) mass is 367 g/mol. The van der Waals surface area contributed by atoms with E-state index in [-0.39, 0.29) is 12.5 Å². The molecular formula is C20H18ClN3O2. The SMILES string of the molecule is O=C(COc1ccc(Cl)cc1)Nc1ccc(NCc2ccncc2)cc1. The Bertz CT molecular complexity index is 837. The minimum atomic E-state index is -0.225. The number of hydrogen-bond acceptors (Lipinski definition) is 4. The highest BCUT2D eigenvalue weighted by molar-refractivity contribution is 6.30. The van der Waals surface area contributed by atoms with E-state index in [1.165, 1.54) is 0 Å². The first-order valence-electron chi connectivity index (χ1n) is 8.10. The number of carbonyl (C=O) groups excluding carboxylic acids is 1. The van der Waals surface area contributed by atoms with Crippen molar-refractivity contribution in [3.05, 3.63) is 83.6 Å². The van der Waals surface area contributed by atoms with Crippen LogP contribution in [0.15, 0.2) is 73.1 Å². The fourth-order valence-corrected chi connectivity index (χ4v) is 2.38. The number of nitrogens with one attached hydrogen (secondary N) is 2. The van der Waals surface area contributed by atoms with Gasteiger partial charge >= 0.3 is 0 Å². The Hall–Kier alpha value is -3.05. The number of amides is 1. The number of ether oxygens (including phenoxy) is 1. The van der Waals surface area contributed by atoms with Crippen LogP contribution < -0.4 is 15.4 Å². The summed E-state index contributed by atoms with van der Waals surface area (Å²) in [7, 11) is 0. The molecule has 2 aromatic carbocycles. The number of anilines is 2. The molecule has 1 amide bonds. The van der Waals surface area contributed by atoms with Gasteiger partial charge in [-0.1, -0.05) is 11.6 Å². The molecule has 26 heavy (non-hydrogen) atoms. The first kappa shape index (κ1) is 17.8. The van der Waals surface area contributed by atoms with Crippen molar-refractivity contribution in [2.75, 3.05) is 17.2 Å². The lowest BCUT2D eigenvalue weighted by Gasteiger charge is -2.09. The first-order valence-corrected chi connectivity index (χ1v) is 8.48. The Morgan fingerprint density at radius 1 is 0.923 bits per heavy atom. The van der Waals surface area contributed by atoms with Crippen molar-refractivity contribution in [3.8, 4) is 5.75 Å².